The highest BCUT2D eigenvalue weighted by molar-refractivity contribution is 5.78. The Morgan fingerprint density at radius 2 is 1.38 bits per heavy atom. The molecule has 42 heavy (non-hydrogen) atoms. The van der Waals surface area contributed by atoms with E-state index in [0.29, 0.717) is 41.9 Å². The van der Waals surface area contributed by atoms with E-state index in [1.807, 2.05) is 20.8 Å². The second kappa shape index (κ2) is 10.5. The highest BCUT2D eigenvalue weighted by atomic mass is 16.6. The summed E-state index contributed by atoms with van der Waals surface area (Å²) in [6.07, 6.45) is 9.19. The quantitative estimate of drug-likeness (QED) is 0.266. The average Bonchev–Trinajstić information content (AvgIpc) is 3.56. The van der Waals surface area contributed by atoms with E-state index in [1.165, 1.54) is 6.42 Å². The van der Waals surface area contributed by atoms with Crippen molar-refractivity contribution in [2.24, 2.45) is 64.1 Å². The molecule has 0 amide bonds. The van der Waals surface area contributed by atoms with Crippen molar-refractivity contribution in [3.05, 3.63) is 0 Å². The van der Waals surface area contributed by atoms with Crippen LogP contribution in [0.15, 0.2) is 0 Å². The number of ether oxygens (including phenoxy) is 3. The molecule has 234 valence electrons. The van der Waals surface area contributed by atoms with Crippen LogP contribution in [-0.4, -0.2) is 47.3 Å². The van der Waals surface area contributed by atoms with Crippen LogP contribution in [0.2, 0.25) is 0 Å². The highest BCUT2D eigenvalue weighted by Gasteiger charge is 2.61. The van der Waals surface area contributed by atoms with Gasteiger partial charge in [0.05, 0.1) is 17.3 Å². The Balaban J connectivity index is 1.01. The average molecular weight is 587 g/mol. The zero-order valence-corrected chi connectivity index (χ0v) is 26.1. The molecule has 8 heteroatoms. The Bertz CT molecular complexity index is 1090. The van der Waals surface area contributed by atoms with Gasteiger partial charge in [-0.3, -0.25) is 19.2 Å². The molecule has 7 aliphatic carbocycles. The molecule has 0 aromatic carbocycles. The first-order valence-corrected chi connectivity index (χ1v) is 16.5. The second-order valence-electron chi connectivity index (χ2n) is 16.7. The lowest BCUT2D eigenvalue weighted by atomic mass is 9.49. The molecule has 0 saturated heterocycles. The summed E-state index contributed by atoms with van der Waals surface area (Å²) in [7, 11) is 0. The lowest BCUT2D eigenvalue weighted by molar-refractivity contribution is -0.222. The van der Waals surface area contributed by atoms with Crippen LogP contribution in [0.25, 0.3) is 0 Å². The van der Waals surface area contributed by atoms with Crippen molar-refractivity contribution in [1.82, 2.24) is 0 Å². The van der Waals surface area contributed by atoms with Crippen molar-refractivity contribution in [2.45, 2.75) is 117 Å². The molecule has 8 nitrogen and oxygen atoms in total. The Labute approximate surface area is 250 Å². The van der Waals surface area contributed by atoms with Crippen LogP contribution in [0.3, 0.4) is 0 Å². The number of carbonyl (C=O) groups is 4. The number of carbonyl (C=O) groups excluding carboxylic acids is 3. The zero-order chi connectivity index (χ0) is 30.2. The van der Waals surface area contributed by atoms with E-state index in [-0.39, 0.29) is 48.8 Å². The van der Waals surface area contributed by atoms with Crippen LogP contribution in [0, 0.1) is 64.1 Å². The van der Waals surface area contributed by atoms with E-state index in [1.54, 1.807) is 13.8 Å². The number of carboxylic acids is 1. The van der Waals surface area contributed by atoms with E-state index in [0.717, 1.165) is 51.4 Å². The number of rotatable bonds is 9. The van der Waals surface area contributed by atoms with E-state index >= 15 is 0 Å². The molecule has 0 aliphatic heterocycles. The molecule has 6 bridgehead atoms. The van der Waals surface area contributed by atoms with Crippen molar-refractivity contribution in [3.63, 3.8) is 0 Å². The van der Waals surface area contributed by atoms with Gasteiger partial charge in [0.15, 0.2) is 0 Å². The molecular formula is C34H50O8. The number of hydrogen-bond acceptors (Lipinski definition) is 7. The predicted molar refractivity (Wildman–Crippen MR) is 153 cm³/mol. The monoisotopic (exact) mass is 586 g/mol. The summed E-state index contributed by atoms with van der Waals surface area (Å²) >= 11 is 0. The van der Waals surface area contributed by atoms with Gasteiger partial charge in [0.2, 0.25) is 0 Å². The molecule has 7 rings (SSSR count). The van der Waals surface area contributed by atoms with Crippen LogP contribution in [0.5, 0.6) is 0 Å². The Kier molecular flexibility index (Phi) is 7.48. The van der Waals surface area contributed by atoms with Gasteiger partial charge in [0, 0.05) is 18.3 Å². The summed E-state index contributed by atoms with van der Waals surface area (Å²) in [4.78, 5) is 50.9. The third kappa shape index (κ3) is 5.38. The first-order chi connectivity index (χ1) is 19.6. The number of carboxylic acid groups (broad SMARTS) is 1. The second-order valence-corrected chi connectivity index (χ2v) is 16.7. The molecule has 7 aliphatic rings. The third-order valence-electron chi connectivity index (χ3n) is 12.2. The van der Waals surface area contributed by atoms with Crippen molar-refractivity contribution >= 4 is 23.9 Å². The minimum Gasteiger partial charge on any atom is -0.481 e. The van der Waals surface area contributed by atoms with E-state index in [9.17, 15) is 24.3 Å². The molecule has 6 atom stereocenters. The standard InChI is InChI=1S/C34H50O8/c1-32(2,3)30(38)41-27-15-21-14-26(27)25-12-20(11-24(21)25)13-29(37)40-17-33(4,5)31(39)42-34(16-28(35)36)22-7-18-6-19(9-22)10-23(34)8-18/h18-27H,6-17H2,1-5H3,(H,35,36). The maximum atomic E-state index is 13.5. The molecular weight excluding hydrogens is 536 g/mol. The number of esters is 3. The first-order valence-electron chi connectivity index (χ1n) is 16.5. The summed E-state index contributed by atoms with van der Waals surface area (Å²) in [6.45, 7) is 9.04. The fourth-order valence-electron chi connectivity index (χ4n) is 10.4. The zero-order valence-electron chi connectivity index (χ0n) is 26.1. The fraction of sp³-hybridized carbons (Fsp3) is 0.882. The van der Waals surface area contributed by atoms with Crippen molar-refractivity contribution < 1.29 is 38.5 Å². The molecule has 0 radical (unpaired) electrons. The Morgan fingerprint density at radius 1 is 0.762 bits per heavy atom. The van der Waals surface area contributed by atoms with E-state index < -0.39 is 28.4 Å². The van der Waals surface area contributed by atoms with Gasteiger partial charge in [-0.15, -0.1) is 0 Å². The van der Waals surface area contributed by atoms with Crippen molar-refractivity contribution in [3.8, 4) is 0 Å². The number of fused-ring (bicyclic) bond motifs is 5. The highest BCUT2D eigenvalue weighted by Crippen LogP contribution is 2.62. The third-order valence-corrected chi connectivity index (χ3v) is 12.2. The normalized spacial score (nSPS) is 41.5. The minimum atomic E-state index is -1.06. The molecule has 0 spiro atoms. The van der Waals surface area contributed by atoms with Gasteiger partial charge in [0.25, 0.3) is 0 Å². The van der Waals surface area contributed by atoms with Gasteiger partial charge in [-0.2, -0.15) is 0 Å². The largest absolute Gasteiger partial charge is 0.481 e. The Morgan fingerprint density at radius 3 is 1.98 bits per heavy atom. The van der Waals surface area contributed by atoms with Crippen LogP contribution in [0.1, 0.15) is 105 Å². The van der Waals surface area contributed by atoms with Gasteiger partial charge >= 0.3 is 23.9 Å². The van der Waals surface area contributed by atoms with Gasteiger partial charge in [-0.1, -0.05) is 0 Å². The summed E-state index contributed by atoms with van der Waals surface area (Å²) in [6, 6.07) is 0. The van der Waals surface area contributed by atoms with Gasteiger partial charge in [-0.05, 0) is 134 Å². The number of hydrogen-bond donors (Lipinski definition) is 1. The van der Waals surface area contributed by atoms with E-state index in [4.69, 9.17) is 14.2 Å². The topological polar surface area (TPSA) is 116 Å². The van der Waals surface area contributed by atoms with Crippen LogP contribution >= 0.6 is 0 Å². The van der Waals surface area contributed by atoms with Crippen molar-refractivity contribution in [1.29, 1.82) is 0 Å². The maximum Gasteiger partial charge on any atom is 0.315 e. The molecule has 0 aromatic rings. The van der Waals surface area contributed by atoms with Crippen LogP contribution in [-0.2, 0) is 33.4 Å². The van der Waals surface area contributed by atoms with Gasteiger partial charge < -0.3 is 19.3 Å². The summed E-state index contributed by atoms with van der Waals surface area (Å²) in [5, 5.41) is 9.79. The van der Waals surface area contributed by atoms with Crippen LogP contribution < -0.4 is 0 Å². The van der Waals surface area contributed by atoms with E-state index in [2.05, 4.69) is 0 Å². The summed E-state index contributed by atoms with van der Waals surface area (Å²) in [5.41, 5.74) is -2.52. The predicted octanol–water partition coefficient (Wildman–Crippen LogP) is 5.80. The summed E-state index contributed by atoms with van der Waals surface area (Å²) in [5.74, 6) is 1.92. The smallest absolute Gasteiger partial charge is 0.315 e. The fourth-order valence-corrected chi connectivity index (χ4v) is 10.4. The maximum absolute atomic E-state index is 13.5. The first kappa shape index (κ1) is 29.9. The number of aliphatic carboxylic acids is 1. The molecule has 7 saturated carbocycles. The molecule has 0 aromatic heterocycles. The Hall–Kier alpha value is -2.12. The minimum absolute atomic E-state index is 0.000565. The van der Waals surface area contributed by atoms with Crippen LogP contribution in [0.4, 0.5) is 0 Å². The van der Waals surface area contributed by atoms with Crippen molar-refractivity contribution in [2.75, 3.05) is 6.61 Å². The molecule has 7 fully saturated rings. The summed E-state index contributed by atoms with van der Waals surface area (Å²) < 4.78 is 17.9. The van der Waals surface area contributed by atoms with Gasteiger partial charge in [-0.25, -0.2) is 0 Å². The SMILES string of the molecule is CC(C)(C)C(=O)OC1CC2CC1C1CC(CC(=O)OCC(C)(C)C(=O)OC3(CC(=O)O)C4CC5CC(C4)CC3C5)CC21. The molecule has 0 heterocycles. The lowest BCUT2D eigenvalue weighted by Crippen LogP contribution is -2.61. The molecule has 6 unspecified atom stereocenters. The lowest BCUT2D eigenvalue weighted by Gasteiger charge is -2.60. The van der Waals surface area contributed by atoms with Gasteiger partial charge in [0.1, 0.15) is 18.3 Å². The molecule has 1 N–H and O–H groups in total.